The number of Topliss-reactive ketones (excluding diaryl/α,β-unsaturated/α-hetero) is 1. The Morgan fingerprint density at radius 1 is 1.00 bits per heavy atom. The van der Waals surface area contributed by atoms with Crippen molar-refractivity contribution in [1.82, 2.24) is 19.7 Å². The van der Waals surface area contributed by atoms with E-state index in [1.54, 1.807) is 44.2 Å². The average molecular weight is 540 g/mol. The lowest BCUT2D eigenvalue weighted by molar-refractivity contribution is -0.137. The molecule has 12 heteroatoms. The van der Waals surface area contributed by atoms with Crippen LogP contribution >= 0.6 is 0 Å². The summed E-state index contributed by atoms with van der Waals surface area (Å²) in [7, 11) is 1.22. The molecule has 4 rings (SSSR count). The summed E-state index contributed by atoms with van der Waals surface area (Å²) in [5.74, 6) is -2.66. The zero-order valence-corrected chi connectivity index (χ0v) is 21.3. The first-order valence-electron chi connectivity index (χ1n) is 11.6. The first kappa shape index (κ1) is 27.3. The van der Waals surface area contributed by atoms with Crippen LogP contribution in [0.4, 0.5) is 13.2 Å². The summed E-state index contributed by atoms with van der Waals surface area (Å²) in [6, 6.07) is 12.9. The number of carbonyl (C=O) groups is 3. The highest BCUT2D eigenvalue weighted by molar-refractivity contribution is 6.04. The molecule has 202 valence electrons. The van der Waals surface area contributed by atoms with Crippen molar-refractivity contribution in [2.75, 3.05) is 7.11 Å². The molecule has 0 radical (unpaired) electrons. The van der Waals surface area contributed by atoms with E-state index >= 15 is 0 Å². The minimum absolute atomic E-state index is 0.0205. The smallest absolute Gasteiger partial charge is 0.416 e. The Hall–Kier alpha value is -4.74. The molecule has 0 saturated heterocycles. The van der Waals surface area contributed by atoms with Gasteiger partial charge in [-0.3, -0.25) is 4.79 Å². The molecule has 4 aromatic rings. The number of H-pyrrole nitrogens is 1. The summed E-state index contributed by atoms with van der Waals surface area (Å²) in [5, 5.41) is 4.12. The summed E-state index contributed by atoms with van der Waals surface area (Å²) < 4.78 is 51.2. The molecule has 0 aliphatic rings. The van der Waals surface area contributed by atoms with Crippen molar-refractivity contribution in [3.63, 3.8) is 0 Å². The maximum atomic E-state index is 13.3. The molecule has 2 heterocycles. The Morgan fingerprint density at radius 3 is 2.33 bits per heavy atom. The van der Waals surface area contributed by atoms with Gasteiger partial charge in [-0.15, -0.1) is 5.10 Å². The molecule has 2 aromatic heterocycles. The lowest BCUT2D eigenvalue weighted by Gasteiger charge is -2.11. The van der Waals surface area contributed by atoms with Crippen LogP contribution in [-0.2, 0) is 15.7 Å². The third-order valence-corrected chi connectivity index (χ3v) is 5.97. The van der Waals surface area contributed by atoms with Gasteiger partial charge in [0.25, 0.3) is 5.82 Å². The zero-order valence-electron chi connectivity index (χ0n) is 21.3. The van der Waals surface area contributed by atoms with E-state index in [4.69, 9.17) is 9.47 Å². The van der Waals surface area contributed by atoms with Crippen molar-refractivity contribution in [3.8, 4) is 17.1 Å². The highest BCUT2D eigenvalue weighted by Gasteiger charge is 2.32. The fourth-order valence-corrected chi connectivity index (χ4v) is 4.04. The van der Waals surface area contributed by atoms with E-state index in [-0.39, 0.29) is 22.8 Å². The number of hydrogen-bond acceptors (Lipinski definition) is 7. The number of ketones is 1. The highest BCUT2D eigenvalue weighted by atomic mass is 19.4. The minimum atomic E-state index is -4.59. The summed E-state index contributed by atoms with van der Waals surface area (Å²) in [5.41, 5.74) is 0.626. The normalized spacial score (nSPS) is 12.2. The molecule has 1 N–H and O–H groups in total. The summed E-state index contributed by atoms with van der Waals surface area (Å²) in [4.78, 5) is 45.1. The molecular formula is C27H23F3N4O5. The van der Waals surface area contributed by atoms with Crippen LogP contribution < -0.4 is 0 Å². The molecule has 9 nitrogen and oxygen atoms in total. The Labute approximate surface area is 220 Å². The van der Waals surface area contributed by atoms with Crippen LogP contribution in [-0.4, -0.2) is 50.7 Å². The van der Waals surface area contributed by atoms with Gasteiger partial charge in [-0.05, 0) is 44.5 Å². The van der Waals surface area contributed by atoms with Crippen LogP contribution in [0.2, 0.25) is 0 Å². The van der Waals surface area contributed by atoms with Crippen LogP contribution in [0.25, 0.3) is 17.1 Å². The SMILES string of the molecule is COC(=O)c1c(C)[nH]c(C(=O)[C@@H](C)OC(=O)c2nc(-c3ccccc3)n(-c3cccc(C(F)(F)F)c3)n2)c1C. The minimum Gasteiger partial charge on any atom is -0.465 e. The van der Waals surface area contributed by atoms with Gasteiger partial charge in [-0.1, -0.05) is 36.4 Å². The molecule has 39 heavy (non-hydrogen) atoms. The van der Waals surface area contributed by atoms with E-state index in [9.17, 15) is 27.6 Å². The molecule has 0 unspecified atom stereocenters. The second-order valence-electron chi connectivity index (χ2n) is 8.61. The zero-order chi connectivity index (χ0) is 28.5. The van der Waals surface area contributed by atoms with Gasteiger partial charge in [0.1, 0.15) is 0 Å². The monoisotopic (exact) mass is 540 g/mol. The standard InChI is InChI=1S/C27H23F3N4O5/c1-14-20(25(36)38-4)15(2)31-21(14)22(35)16(3)39-26(37)23-32-24(17-9-6-5-7-10-17)34(33-23)19-12-8-11-18(13-19)27(28,29)30/h5-13,16,31H,1-4H3/t16-/m1/s1. The number of esters is 2. The largest absolute Gasteiger partial charge is 0.465 e. The first-order valence-corrected chi connectivity index (χ1v) is 11.6. The van der Waals surface area contributed by atoms with Gasteiger partial charge in [0, 0.05) is 11.3 Å². The molecule has 0 amide bonds. The van der Waals surface area contributed by atoms with Crippen LogP contribution in [0.3, 0.4) is 0 Å². The van der Waals surface area contributed by atoms with Crippen molar-refractivity contribution in [2.45, 2.75) is 33.1 Å². The Morgan fingerprint density at radius 2 is 1.69 bits per heavy atom. The lowest BCUT2D eigenvalue weighted by Crippen LogP contribution is -2.26. The number of ether oxygens (including phenoxy) is 2. The van der Waals surface area contributed by atoms with Crippen molar-refractivity contribution >= 4 is 17.7 Å². The van der Waals surface area contributed by atoms with Crippen LogP contribution in [0.5, 0.6) is 0 Å². The number of aromatic amines is 1. The van der Waals surface area contributed by atoms with Gasteiger partial charge in [0.05, 0.1) is 29.6 Å². The van der Waals surface area contributed by atoms with Crippen LogP contribution in [0.1, 0.15) is 55.2 Å². The summed E-state index contributed by atoms with van der Waals surface area (Å²) >= 11 is 0. The van der Waals surface area contributed by atoms with Crippen molar-refractivity contribution < 1.29 is 37.0 Å². The van der Waals surface area contributed by atoms with E-state index in [1.165, 1.54) is 26.2 Å². The number of nitrogens with zero attached hydrogens (tertiary/aromatic N) is 3. The highest BCUT2D eigenvalue weighted by Crippen LogP contribution is 2.31. The second-order valence-corrected chi connectivity index (χ2v) is 8.61. The Kier molecular flexibility index (Phi) is 7.39. The molecule has 0 aliphatic heterocycles. The van der Waals surface area contributed by atoms with Gasteiger partial charge in [0.15, 0.2) is 11.9 Å². The topological polar surface area (TPSA) is 116 Å². The number of carbonyl (C=O) groups excluding carboxylic acids is 3. The first-order chi connectivity index (χ1) is 18.4. The summed E-state index contributed by atoms with van der Waals surface area (Å²) in [6.45, 7) is 4.50. The molecule has 2 aromatic carbocycles. The molecule has 0 bridgehead atoms. The predicted octanol–water partition coefficient (Wildman–Crippen LogP) is 5.11. The number of aromatic nitrogens is 4. The van der Waals surface area contributed by atoms with E-state index in [2.05, 4.69) is 15.1 Å². The van der Waals surface area contributed by atoms with Crippen LogP contribution in [0.15, 0.2) is 54.6 Å². The predicted molar refractivity (Wildman–Crippen MR) is 133 cm³/mol. The Bertz CT molecular complexity index is 1560. The molecular weight excluding hydrogens is 517 g/mol. The number of rotatable bonds is 7. The number of aryl methyl sites for hydroxylation is 1. The number of nitrogens with one attached hydrogen (secondary N) is 1. The number of halogens is 3. The number of benzene rings is 2. The molecule has 0 fully saturated rings. The van der Waals surface area contributed by atoms with Gasteiger partial charge >= 0.3 is 18.1 Å². The van der Waals surface area contributed by atoms with Gasteiger partial charge in [-0.25, -0.2) is 19.3 Å². The molecule has 0 spiro atoms. The molecule has 0 saturated carbocycles. The third-order valence-electron chi connectivity index (χ3n) is 5.97. The van der Waals surface area contributed by atoms with Crippen LogP contribution in [0, 0.1) is 13.8 Å². The average Bonchev–Trinajstić information content (AvgIpc) is 3.49. The van der Waals surface area contributed by atoms with Gasteiger partial charge in [0.2, 0.25) is 5.78 Å². The van der Waals surface area contributed by atoms with Crippen molar-refractivity contribution in [2.24, 2.45) is 0 Å². The quantitative estimate of drug-likeness (QED) is 0.256. The number of hydrogen-bond donors (Lipinski definition) is 1. The van der Waals surface area contributed by atoms with E-state index in [0.717, 1.165) is 16.8 Å². The van der Waals surface area contributed by atoms with Crippen molar-refractivity contribution in [1.29, 1.82) is 0 Å². The van der Waals surface area contributed by atoms with Gasteiger partial charge in [-0.2, -0.15) is 13.2 Å². The van der Waals surface area contributed by atoms with E-state index < -0.39 is 41.4 Å². The maximum absolute atomic E-state index is 13.3. The summed E-state index contributed by atoms with van der Waals surface area (Å²) in [6.07, 6.45) is -5.90. The second kappa shape index (κ2) is 10.6. The van der Waals surface area contributed by atoms with E-state index in [0.29, 0.717) is 16.8 Å². The van der Waals surface area contributed by atoms with Gasteiger partial charge < -0.3 is 14.5 Å². The molecule has 1 atom stereocenters. The maximum Gasteiger partial charge on any atom is 0.416 e. The Balaban J connectivity index is 1.66. The lowest BCUT2D eigenvalue weighted by atomic mass is 10.1. The van der Waals surface area contributed by atoms with Crippen molar-refractivity contribution in [3.05, 3.63) is 88.5 Å². The fourth-order valence-electron chi connectivity index (χ4n) is 4.04. The fraction of sp³-hybridized carbons (Fsp3) is 0.222. The number of methoxy groups -OCH3 is 1. The van der Waals surface area contributed by atoms with E-state index in [1.807, 2.05) is 0 Å². The third kappa shape index (κ3) is 5.44. The number of alkyl halides is 3. The molecule has 0 aliphatic carbocycles.